The van der Waals surface area contributed by atoms with Crippen molar-refractivity contribution in [3.8, 4) is 0 Å². The third-order valence-electron chi connectivity index (χ3n) is 4.34. The maximum Gasteiger partial charge on any atom is 0.325 e. The molecule has 4 amide bonds. The van der Waals surface area contributed by atoms with Gasteiger partial charge in [0, 0.05) is 33.2 Å². The van der Waals surface area contributed by atoms with Crippen LogP contribution in [0.5, 0.6) is 0 Å². The van der Waals surface area contributed by atoms with Gasteiger partial charge in [0.05, 0.1) is 0 Å². The molecular formula is C15H25N3O4. The van der Waals surface area contributed by atoms with Gasteiger partial charge in [-0.25, -0.2) is 4.79 Å². The van der Waals surface area contributed by atoms with E-state index in [4.69, 9.17) is 4.74 Å². The van der Waals surface area contributed by atoms with E-state index >= 15 is 0 Å². The van der Waals surface area contributed by atoms with E-state index in [9.17, 15) is 14.4 Å². The lowest BCUT2D eigenvalue weighted by Gasteiger charge is -2.19. The van der Waals surface area contributed by atoms with Crippen LogP contribution in [0.2, 0.25) is 0 Å². The molecule has 1 aliphatic carbocycles. The van der Waals surface area contributed by atoms with Crippen molar-refractivity contribution in [3.05, 3.63) is 0 Å². The van der Waals surface area contributed by atoms with Gasteiger partial charge in [0.1, 0.15) is 5.54 Å². The summed E-state index contributed by atoms with van der Waals surface area (Å²) in [5, 5.41) is 5.63. The molecule has 0 bridgehead atoms. The zero-order valence-electron chi connectivity index (χ0n) is 13.2. The van der Waals surface area contributed by atoms with Gasteiger partial charge in [-0.15, -0.1) is 0 Å². The molecule has 1 saturated heterocycles. The van der Waals surface area contributed by atoms with Crippen molar-refractivity contribution in [2.75, 3.05) is 26.8 Å². The molecule has 0 unspecified atom stereocenters. The minimum Gasteiger partial charge on any atom is -0.385 e. The Kier molecular flexibility index (Phi) is 5.76. The maximum atomic E-state index is 12.4. The van der Waals surface area contributed by atoms with E-state index in [-0.39, 0.29) is 17.8 Å². The summed E-state index contributed by atoms with van der Waals surface area (Å²) in [5.41, 5.74) is -0.653. The second-order valence-electron chi connectivity index (χ2n) is 5.98. The molecule has 1 heterocycles. The topological polar surface area (TPSA) is 87.7 Å². The fourth-order valence-electron chi connectivity index (χ4n) is 3.13. The molecule has 1 saturated carbocycles. The summed E-state index contributed by atoms with van der Waals surface area (Å²) in [7, 11) is 1.62. The van der Waals surface area contributed by atoms with E-state index < -0.39 is 5.54 Å². The highest BCUT2D eigenvalue weighted by molar-refractivity contribution is 6.07. The van der Waals surface area contributed by atoms with Crippen molar-refractivity contribution in [1.82, 2.24) is 15.5 Å². The van der Waals surface area contributed by atoms with Crippen molar-refractivity contribution < 1.29 is 19.1 Å². The highest BCUT2D eigenvalue weighted by atomic mass is 16.5. The number of nitrogens with zero attached hydrogens (tertiary/aromatic N) is 1. The van der Waals surface area contributed by atoms with Gasteiger partial charge in [0.2, 0.25) is 5.91 Å². The molecule has 0 aromatic carbocycles. The number of hydrogen-bond acceptors (Lipinski definition) is 4. The van der Waals surface area contributed by atoms with Gasteiger partial charge < -0.3 is 15.4 Å². The van der Waals surface area contributed by atoms with Gasteiger partial charge in [-0.05, 0) is 25.7 Å². The quantitative estimate of drug-likeness (QED) is 0.512. The molecule has 2 rings (SSSR count). The molecule has 2 N–H and O–H groups in total. The van der Waals surface area contributed by atoms with Gasteiger partial charge in [-0.2, -0.15) is 0 Å². The molecule has 1 aliphatic heterocycles. The third-order valence-corrected chi connectivity index (χ3v) is 4.34. The predicted octanol–water partition coefficient (Wildman–Crippen LogP) is 0.784. The average Bonchev–Trinajstić information content (AvgIpc) is 3.04. The summed E-state index contributed by atoms with van der Waals surface area (Å²) in [5.74, 6) is -0.172. The number of urea groups is 1. The van der Waals surface area contributed by atoms with Gasteiger partial charge >= 0.3 is 6.03 Å². The highest BCUT2D eigenvalue weighted by Gasteiger charge is 2.51. The Morgan fingerprint density at radius 2 is 2.05 bits per heavy atom. The van der Waals surface area contributed by atoms with Crippen LogP contribution in [-0.2, 0) is 14.3 Å². The molecule has 0 aromatic rings. The van der Waals surface area contributed by atoms with E-state index in [1.807, 2.05) is 0 Å². The minimum atomic E-state index is -0.653. The maximum absolute atomic E-state index is 12.4. The number of methoxy groups -OCH3 is 1. The number of rotatable bonds is 8. The van der Waals surface area contributed by atoms with Crippen LogP contribution < -0.4 is 10.6 Å². The number of amides is 4. The van der Waals surface area contributed by atoms with Crippen LogP contribution in [0.4, 0.5) is 4.79 Å². The van der Waals surface area contributed by atoms with Gasteiger partial charge in [-0.1, -0.05) is 12.8 Å². The number of nitrogens with one attached hydrogen (secondary N) is 2. The molecule has 22 heavy (non-hydrogen) atoms. The van der Waals surface area contributed by atoms with Gasteiger partial charge in [0.15, 0.2) is 0 Å². The first-order valence-corrected chi connectivity index (χ1v) is 7.99. The van der Waals surface area contributed by atoms with Crippen LogP contribution in [0.3, 0.4) is 0 Å². The summed E-state index contributed by atoms with van der Waals surface area (Å²) < 4.78 is 4.90. The van der Waals surface area contributed by atoms with Crippen molar-refractivity contribution in [2.45, 2.75) is 50.5 Å². The standard InChI is InChI=1S/C15H25N3O4/c1-22-11-5-9-16-12(19)6-4-10-18-13(20)15(17-14(18)21)7-2-3-8-15/h2-11H2,1H3,(H,16,19)(H,17,21). The fourth-order valence-corrected chi connectivity index (χ4v) is 3.13. The van der Waals surface area contributed by atoms with E-state index in [2.05, 4.69) is 10.6 Å². The number of imide groups is 1. The molecule has 0 radical (unpaired) electrons. The Morgan fingerprint density at radius 1 is 1.32 bits per heavy atom. The number of ether oxygens (including phenoxy) is 1. The fraction of sp³-hybridized carbons (Fsp3) is 0.800. The SMILES string of the molecule is COCCCNC(=O)CCCN1C(=O)NC2(CCCC2)C1=O. The molecule has 1 spiro atoms. The van der Waals surface area contributed by atoms with Crippen LogP contribution in [-0.4, -0.2) is 55.1 Å². The highest BCUT2D eigenvalue weighted by Crippen LogP contribution is 2.35. The number of carbonyl (C=O) groups is 3. The zero-order chi connectivity index (χ0) is 16.0. The van der Waals surface area contributed by atoms with Crippen molar-refractivity contribution in [2.24, 2.45) is 0 Å². The average molecular weight is 311 g/mol. The van der Waals surface area contributed by atoms with E-state index in [1.54, 1.807) is 7.11 Å². The Hall–Kier alpha value is -1.63. The molecule has 0 aromatic heterocycles. The Balaban J connectivity index is 1.69. The lowest BCUT2D eigenvalue weighted by atomic mass is 9.98. The summed E-state index contributed by atoms with van der Waals surface area (Å²) in [6.07, 6.45) is 5.00. The van der Waals surface area contributed by atoms with Crippen LogP contribution in [0.25, 0.3) is 0 Å². The zero-order valence-corrected chi connectivity index (χ0v) is 13.2. The van der Waals surface area contributed by atoms with Crippen molar-refractivity contribution >= 4 is 17.8 Å². The van der Waals surface area contributed by atoms with E-state index in [0.717, 1.165) is 32.1 Å². The first-order valence-electron chi connectivity index (χ1n) is 7.99. The molecular weight excluding hydrogens is 286 g/mol. The first-order chi connectivity index (χ1) is 10.6. The third kappa shape index (κ3) is 3.76. The predicted molar refractivity (Wildman–Crippen MR) is 80.2 cm³/mol. The normalized spacial score (nSPS) is 19.8. The first kappa shape index (κ1) is 16.7. The lowest BCUT2D eigenvalue weighted by Crippen LogP contribution is -2.44. The molecule has 7 nitrogen and oxygen atoms in total. The summed E-state index contributed by atoms with van der Waals surface area (Å²) in [4.78, 5) is 37.2. The molecule has 124 valence electrons. The van der Waals surface area contributed by atoms with E-state index in [0.29, 0.717) is 32.5 Å². The minimum absolute atomic E-state index is 0.0567. The van der Waals surface area contributed by atoms with Crippen molar-refractivity contribution in [1.29, 1.82) is 0 Å². The van der Waals surface area contributed by atoms with Gasteiger partial charge in [-0.3, -0.25) is 14.5 Å². The lowest BCUT2D eigenvalue weighted by molar-refractivity contribution is -0.131. The number of hydrogen-bond donors (Lipinski definition) is 2. The Morgan fingerprint density at radius 3 is 2.73 bits per heavy atom. The summed E-state index contributed by atoms with van der Waals surface area (Å²) in [6.45, 7) is 1.50. The van der Waals surface area contributed by atoms with Crippen LogP contribution in [0.15, 0.2) is 0 Å². The molecule has 7 heteroatoms. The second kappa shape index (κ2) is 7.58. The Labute approximate surface area is 130 Å². The van der Waals surface area contributed by atoms with Crippen LogP contribution in [0, 0.1) is 0 Å². The summed E-state index contributed by atoms with van der Waals surface area (Å²) >= 11 is 0. The molecule has 2 aliphatic rings. The molecule has 0 atom stereocenters. The largest absolute Gasteiger partial charge is 0.385 e. The monoisotopic (exact) mass is 311 g/mol. The molecule has 2 fully saturated rings. The van der Waals surface area contributed by atoms with Crippen molar-refractivity contribution in [3.63, 3.8) is 0 Å². The van der Waals surface area contributed by atoms with Crippen LogP contribution in [0.1, 0.15) is 44.9 Å². The van der Waals surface area contributed by atoms with E-state index in [1.165, 1.54) is 4.90 Å². The smallest absolute Gasteiger partial charge is 0.325 e. The Bertz CT molecular complexity index is 433. The van der Waals surface area contributed by atoms with Crippen LogP contribution >= 0.6 is 0 Å². The van der Waals surface area contributed by atoms with Gasteiger partial charge in [0.25, 0.3) is 5.91 Å². The summed E-state index contributed by atoms with van der Waals surface area (Å²) in [6, 6.07) is -0.313. The second-order valence-corrected chi connectivity index (χ2v) is 5.98. The number of carbonyl (C=O) groups excluding carboxylic acids is 3.